The van der Waals surface area contributed by atoms with E-state index in [2.05, 4.69) is 0 Å². The van der Waals surface area contributed by atoms with E-state index >= 15 is 0 Å². The van der Waals surface area contributed by atoms with E-state index in [-0.39, 0.29) is 0 Å². The van der Waals surface area contributed by atoms with Crippen LogP contribution in [0.2, 0.25) is 4.34 Å². The zero-order valence-corrected chi connectivity index (χ0v) is 10.3. The zero-order chi connectivity index (χ0) is 12.3. The van der Waals surface area contributed by atoms with E-state index in [0.717, 1.165) is 10.4 Å². The van der Waals surface area contributed by atoms with Crippen LogP contribution in [0.25, 0.3) is 5.57 Å². The third kappa shape index (κ3) is 2.96. The summed E-state index contributed by atoms with van der Waals surface area (Å²) in [6, 6.07) is 13.0. The van der Waals surface area contributed by atoms with Crippen molar-refractivity contribution < 1.29 is 9.90 Å². The van der Waals surface area contributed by atoms with Crippen molar-refractivity contribution in [3.63, 3.8) is 0 Å². The number of thiophene rings is 1. The normalized spacial score (nSPS) is 11.5. The molecule has 2 aromatic rings. The Morgan fingerprint density at radius 3 is 2.41 bits per heavy atom. The van der Waals surface area contributed by atoms with Gasteiger partial charge in [0.15, 0.2) is 0 Å². The Kier molecular flexibility index (Phi) is 3.61. The van der Waals surface area contributed by atoms with Crippen molar-refractivity contribution in [1.82, 2.24) is 0 Å². The molecule has 86 valence electrons. The first kappa shape index (κ1) is 11.9. The smallest absolute Gasteiger partial charge is 0.328 e. The maximum absolute atomic E-state index is 10.9. The first-order valence-corrected chi connectivity index (χ1v) is 6.12. The van der Waals surface area contributed by atoms with Gasteiger partial charge in [-0.1, -0.05) is 41.9 Å². The van der Waals surface area contributed by atoms with Crippen molar-refractivity contribution in [2.45, 2.75) is 0 Å². The predicted octanol–water partition coefficient (Wildman–Crippen LogP) is 3.92. The van der Waals surface area contributed by atoms with Crippen LogP contribution in [0.15, 0.2) is 48.5 Å². The highest BCUT2D eigenvalue weighted by atomic mass is 35.5. The molecule has 2 rings (SSSR count). The third-order valence-corrected chi connectivity index (χ3v) is 3.46. The van der Waals surface area contributed by atoms with E-state index in [9.17, 15) is 4.79 Å². The first-order chi connectivity index (χ1) is 8.16. The zero-order valence-electron chi connectivity index (χ0n) is 8.76. The maximum Gasteiger partial charge on any atom is 0.328 e. The fourth-order valence-corrected chi connectivity index (χ4v) is 2.58. The second-order valence-corrected chi connectivity index (χ2v) is 5.08. The van der Waals surface area contributed by atoms with Gasteiger partial charge in [-0.15, -0.1) is 11.3 Å². The number of carbonyl (C=O) groups is 1. The summed E-state index contributed by atoms with van der Waals surface area (Å²) < 4.78 is 0.646. The highest BCUT2D eigenvalue weighted by molar-refractivity contribution is 7.17. The summed E-state index contributed by atoms with van der Waals surface area (Å²) in [6.45, 7) is 0. The topological polar surface area (TPSA) is 37.3 Å². The Morgan fingerprint density at radius 2 is 1.88 bits per heavy atom. The second-order valence-electron chi connectivity index (χ2n) is 3.37. The molecule has 1 heterocycles. The molecule has 1 N–H and O–H groups in total. The molecule has 0 aliphatic carbocycles. The summed E-state index contributed by atoms with van der Waals surface area (Å²) in [5.41, 5.74) is 1.54. The number of aliphatic carboxylic acids is 1. The molecule has 0 bridgehead atoms. The lowest BCUT2D eigenvalue weighted by Crippen LogP contribution is -1.92. The molecular weight excluding hydrogens is 256 g/mol. The Morgan fingerprint density at radius 1 is 1.18 bits per heavy atom. The summed E-state index contributed by atoms with van der Waals surface area (Å²) in [5, 5.41) is 8.91. The standard InChI is InChI=1S/C13H9ClO2S/c14-12-7-6-11(17-12)10(8-13(15)16)9-4-2-1-3-5-9/h1-8H,(H,15,16)/b10-8+. The first-order valence-electron chi connectivity index (χ1n) is 4.92. The molecule has 0 spiro atoms. The van der Waals surface area contributed by atoms with Gasteiger partial charge in [0.1, 0.15) is 0 Å². The van der Waals surface area contributed by atoms with E-state index in [4.69, 9.17) is 16.7 Å². The molecule has 4 heteroatoms. The van der Waals surface area contributed by atoms with Gasteiger partial charge >= 0.3 is 5.97 Å². The number of halogens is 1. The molecule has 0 saturated carbocycles. The molecule has 0 aliphatic rings. The van der Waals surface area contributed by atoms with Gasteiger partial charge in [-0.05, 0) is 17.7 Å². The van der Waals surface area contributed by atoms with Crippen molar-refractivity contribution in [1.29, 1.82) is 0 Å². The van der Waals surface area contributed by atoms with Crippen molar-refractivity contribution in [2.75, 3.05) is 0 Å². The maximum atomic E-state index is 10.9. The van der Waals surface area contributed by atoms with Crippen LogP contribution < -0.4 is 0 Å². The van der Waals surface area contributed by atoms with Crippen LogP contribution in [-0.4, -0.2) is 11.1 Å². The monoisotopic (exact) mass is 264 g/mol. The number of carboxylic acids is 1. The van der Waals surface area contributed by atoms with E-state index in [1.165, 1.54) is 17.4 Å². The highest BCUT2D eigenvalue weighted by Crippen LogP contribution is 2.31. The Hall–Kier alpha value is -1.58. The minimum Gasteiger partial charge on any atom is -0.478 e. The molecule has 0 aliphatic heterocycles. The van der Waals surface area contributed by atoms with Crippen molar-refractivity contribution in [3.8, 4) is 0 Å². The summed E-state index contributed by atoms with van der Waals surface area (Å²) in [5.74, 6) is -0.964. The lowest BCUT2D eigenvalue weighted by atomic mass is 10.0. The van der Waals surface area contributed by atoms with Gasteiger partial charge in [-0.3, -0.25) is 0 Å². The molecular formula is C13H9ClO2S. The van der Waals surface area contributed by atoms with Crippen LogP contribution >= 0.6 is 22.9 Å². The molecule has 0 radical (unpaired) electrons. The van der Waals surface area contributed by atoms with E-state index in [1.54, 1.807) is 6.07 Å². The largest absolute Gasteiger partial charge is 0.478 e. The van der Waals surface area contributed by atoms with Crippen molar-refractivity contribution in [3.05, 3.63) is 63.3 Å². The molecule has 2 nitrogen and oxygen atoms in total. The SMILES string of the molecule is O=C(O)/C=C(\c1ccccc1)c1ccc(Cl)s1. The van der Waals surface area contributed by atoms with Gasteiger partial charge in [0.25, 0.3) is 0 Å². The fourth-order valence-electron chi connectivity index (χ4n) is 1.50. The van der Waals surface area contributed by atoms with E-state index in [1.807, 2.05) is 36.4 Å². The molecule has 0 unspecified atom stereocenters. The Bertz CT molecular complexity index is 558. The van der Waals surface area contributed by atoms with Crippen LogP contribution in [0.5, 0.6) is 0 Å². The summed E-state index contributed by atoms with van der Waals surface area (Å²) >= 11 is 7.24. The van der Waals surface area contributed by atoms with Gasteiger partial charge in [0.2, 0.25) is 0 Å². The van der Waals surface area contributed by atoms with Gasteiger partial charge in [-0.2, -0.15) is 0 Å². The van der Waals surface area contributed by atoms with Crippen molar-refractivity contribution >= 4 is 34.5 Å². The van der Waals surface area contributed by atoms with Crippen LogP contribution in [0, 0.1) is 0 Å². The third-order valence-electron chi connectivity index (χ3n) is 2.19. The van der Waals surface area contributed by atoms with Crippen molar-refractivity contribution in [2.24, 2.45) is 0 Å². The van der Waals surface area contributed by atoms with Crippen LogP contribution in [-0.2, 0) is 4.79 Å². The van der Waals surface area contributed by atoms with E-state index in [0.29, 0.717) is 9.91 Å². The molecule has 0 atom stereocenters. The lowest BCUT2D eigenvalue weighted by molar-refractivity contribution is -0.131. The average Bonchev–Trinajstić information content (AvgIpc) is 2.73. The lowest BCUT2D eigenvalue weighted by Gasteiger charge is -2.03. The molecule has 0 saturated heterocycles. The van der Waals surface area contributed by atoms with Gasteiger partial charge < -0.3 is 5.11 Å². The Labute approximate surface area is 108 Å². The van der Waals surface area contributed by atoms with Crippen LogP contribution in [0.3, 0.4) is 0 Å². The molecule has 17 heavy (non-hydrogen) atoms. The molecule has 1 aromatic carbocycles. The molecule has 1 aromatic heterocycles. The number of carboxylic acid groups (broad SMARTS) is 1. The molecule has 0 amide bonds. The highest BCUT2D eigenvalue weighted by Gasteiger charge is 2.09. The quantitative estimate of drug-likeness (QED) is 0.853. The van der Waals surface area contributed by atoms with Gasteiger partial charge in [-0.25, -0.2) is 4.79 Å². The number of rotatable bonds is 3. The summed E-state index contributed by atoms with van der Waals surface area (Å²) in [7, 11) is 0. The number of hydrogen-bond acceptors (Lipinski definition) is 2. The van der Waals surface area contributed by atoms with Gasteiger partial charge in [0.05, 0.1) is 4.34 Å². The second kappa shape index (κ2) is 5.17. The fraction of sp³-hybridized carbons (Fsp3) is 0. The average molecular weight is 265 g/mol. The predicted molar refractivity (Wildman–Crippen MR) is 70.5 cm³/mol. The van der Waals surface area contributed by atoms with Crippen LogP contribution in [0.4, 0.5) is 0 Å². The summed E-state index contributed by atoms with van der Waals surface area (Å²) in [4.78, 5) is 11.7. The minimum atomic E-state index is -0.964. The number of hydrogen-bond donors (Lipinski definition) is 1. The van der Waals surface area contributed by atoms with Gasteiger partial charge in [0, 0.05) is 16.5 Å². The van der Waals surface area contributed by atoms with Crippen LogP contribution in [0.1, 0.15) is 10.4 Å². The minimum absolute atomic E-state index is 0.646. The summed E-state index contributed by atoms with van der Waals surface area (Å²) in [6.07, 6.45) is 1.21. The number of benzene rings is 1. The molecule has 0 fully saturated rings. The van der Waals surface area contributed by atoms with E-state index < -0.39 is 5.97 Å². The Balaban J connectivity index is 2.50.